The first-order chi connectivity index (χ1) is 3.27. The van der Waals surface area contributed by atoms with Crippen LogP contribution >= 0.6 is 29.3 Å². The van der Waals surface area contributed by atoms with E-state index in [1.807, 2.05) is 0 Å². The molecule has 0 aromatic carbocycles. The molecule has 5 heteroatoms. The summed E-state index contributed by atoms with van der Waals surface area (Å²) < 4.78 is 4.35. The first-order valence-electron chi connectivity index (χ1n) is 1.38. The monoisotopic (exact) mass is 164 g/mol. The maximum absolute atomic E-state index is 7.00. The van der Waals surface area contributed by atoms with Crippen molar-refractivity contribution in [3.63, 3.8) is 0 Å². The summed E-state index contributed by atoms with van der Waals surface area (Å²) in [4.78, 5) is 0. The molecule has 0 aliphatic heterocycles. The van der Waals surface area contributed by atoms with Crippen LogP contribution in [0.3, 0.4) is 0 Å². The Kier molecular flexibility index (Phi) is 15.5. The first-order valence-corrected chi connectivity index (χ1v) is 4.45. The summed E-state index contributed by atoms with van der Waals surface area (Å²) in [5, 5.41) is 7.00. The molecule has 0 fully saturated rings. The van der Waals surface area contributed by atoms with Gasteiger partial charge in [-0.25, -0.2) is 0 Å². The van der Waals surface area contributed by atoms with Crippen LogP contribution in [-0.4, -0.2) is 19.3 Å². The van der Waals surface area contributed by atoms with E-state index in [2.05, 4.69) is 4.52 Å². The van der Waals surface area contributed by atoms with Gasteiger partial charge in [0.2, 0.25) is 6.85 Å². The smallest absolute Gasteiger partial charge is 0.225 e. The fraction of sp³-hybridized carbons (Fsp3) is 1.00. The molecule has 0 aliphatic rings. The Hall–Kier alpha value is 0.930. The van der Waals surface area contributed by atoms with E-state index < -0.39 is 6.85 Å². The van der Waals surface area contributed by atoms with Gasteiger partial charge in [0.25, 0.3) is 0 Å². The average Bonchev–Trinajstić information content (AvgIpc) is 1.73. The van der Waals surface area contributed by atoms with Gasteiger partial charge < -0.3 is 9.63 Å². The van der Waals surface area contributed by atoms with Gasteiger partial charge in [0.15, 0.2) is 0 Å². The Bertz CT molecular complexity index is 27.7. The van der Waals surface area contributed by atoms with Crippen LogP contribution in [0.15, 0.2) is 0 Å². The van der Waals surface area contributed by atoms with E-state index in [-0.39, 0.29) is 0 Å². The van der Waals surface area contributed by atoms with Crippen LogP contribution < -0.4 is 0 Å². The normalized spacial score (nSPS) is 7.71. The number of aliphatic hydroxyl groups is 1. The van der Waals surface area contributed by atoms with Gasteiger partial charge >= 0.3 is 0 Å². The molecule has 1 N–H and O–H groups in total. The van der Waals surface area contributed by atoms with Crippen molar-refractivity contribution in [1.82, 2.24) is 0 Å². The highest BCUT2D eigenvalue weighted by Gasteiger charge is 1.87. The lowest BCUT2D eigenvalue weighted by Gasteiger charge is -1.87. The average molecular weight is 165 g/mol. The molecule has 0 saturated carbocycles. The maximum Gasteiger partial charge on any atom is 0.225 e. The van der Waals surface area contributed by atoms with Crippen molar-refractivity contribution in [3.05, 3.63) is 0 Å². The van der Waals surface area contributed by atoms with Crippen LogP contribution in [0.4, 0.5) is 0 Å². The second-order valence-corrected chi connectivity index (χ2v) is 3.51. The van der Waals surface area contributed by atoms with Crippen molar-refractivity contribution in [2.45, 2.75) is 0 Å². The molecule has 0 atom stereocenters. The van der Waals surface area contributed by atoms with E-state index in [0.29, 0.717) is 0 Å². The molecule has 0 bridgehead atoms. The van der Waals surface area contributed by atoms with E-state index in [1.165, 1.54) is 7.11 Å². The molecule has 0 unspecified atom stereocenters. The van der Waals surface area contributed by atoms with Crippen molar-refractivity contribution in [3.8, 4) is 0 Å². The maximum atomic E-state index is 7.00. The van der Waals surface area contributed by atoms with Gasteiger partial charge in [-0.3, -0.25) is 0 Å². The number of hydrogen-bond donors (Lipinski definition) is 1. The summed E-state index contributed by atoms with van der Waals surface area (Å²) in [5.41, 5.74) is 0. The first kappa shape index (κ1) is 10.8. The summed E-state index contributed by atoms with van der Waals surface area (Å²) in [5.74, 6) is 0. The van der Waals surface area contributed by atoms with Gasteiger partial charge in [-0.05, 0) is 22.5 Å². The van der Waals surface area contributed by atoms with Crippen LogP contribution in [-0.2, 0) is 4.52 Å². The minimum absolute atomic E-state index is 1.00. The van der Waals surface area contributed by atoms with Crippen molar-refractivity contribution in [2.75, 3.05) is 14.2 Å². The molecule has 2 nitrogen and oxygen atoms in total. The molecule has 0 radical (unpaired) electrons. The molecule has 0 aromatic heterocycles. The Morgan fingerprint density at radius 3 is 1.57 bits per heavy atom. The Balaban J connectivity index is 0. The second kappa shape index (κ2) is 10.0. The summed E-state index contributed by atoms with van der Waals surface area (Å²) in [7, 11) is 2.46. The minimum Gasteiger partial charge on any atom is -0.400 e. The molecular formula is C2H7Cl2O2P. The van der Waals surface area contributed by atoms with E-state index in [1.54, 1.807) is 0 Å². The van der Waals surface area contributed by atoms with E-state index in [4.69, 9.17) is 27.6 Å². The van der Waals surface area contributed by atoms with E-state index in [0.717, 1.165) is 7.11 Å². The second-order valence-electron chi connectivity index (χ2n) is 0.384. The Morgan fingerprint density at radius 1 is 1.43 bits per heavy atom. The summed E-state index contributed by atoms with van der Waals surface area (Å²) in [6, 6.07) is 0. The third-order valence-corrected chi connectivity index (χ3v) is 1.24. The summed E-state index contributed by atoms with van der Waals surface area (Å²) in [6.07, 6.45) is 0. The Labute approximate surface area is 53.8 Å². The topological polar surface area (TPSA) is 29.5 Å². The predicted molar refractivity (Wildman–Crippen MR) is 33.8 cm³/mol. The van der Waals surface area contributed by atoms with Crippen molar-refractivity contribution in [2.24, 2.45) is 0 Å². The third-order valence-electron chi connectivity index (χ3n) is 0.138. The third kappa shape index (κ3) is 19.6. The molecule has 0 rings (SSSR count). The minimum atomic E-state index is -1.15. The zero-order valence-electron chi connectivity index (χ0n) is 4.06. The largest absolute Gasteiger partial charge is 0.400 e. The highest BCUT2D eigenvalue weighted by atomic mass is 35.9. The molecule has 0 saturated heterocycles. The van der Waals surface area contributed by atoms with E-state index >= 15 is 0 Å². The molecule has 0 amide bonds. The van der Waals surface area contributed by atoms with Gasteiger partial charge in [-0.1, -0.05) is 0 Å². The number of rotatable bonds is 1. The number of aliphatic hydroxyl groups excluding tert-OH is 1. The fourth-order valence-corrected chi connectivity index (χ4v) is 0. The number of hydrogen-bond acceptors (Lipinski definition) is 2. The fourth-order valence-electron chi connectivity index (χ4n) is 0. The van der Waals surface area contributed by atoms with Crippen molar-refractivity contribution in [1.29, 1.82) is 0 Å². The highest BCUT2D eigenvalue weighted by Crippen LogP contribution is 2.46. The van der Waals surface area contributed by atoms with Crippen LogP contribution in [0.2, 0.25) is 0 Å². The van der Waals surface area contributed by atoms with Crippen LogP contribution in [0.1, 0.15) is 0 Å². The number of halogens is 2. The van der Waals surface area contributed by atoms with Gasteiger partial charge in [-0.15, -0.1) is 0 Å². The standard InChI is InChI=1S/CH3Cl2OP.CH4O/c1-4-5(2)3;1-2/h1H3;2H,1H3. The lowest BCUT2D eigenvalue weighted by atomic mass is 11.8. The molecule has 0 aliphatic carbocycles. The lowest BCUT2D eigenvalue weighted by molar-refractivity contribution is 0.399. The van der Waals surface area contributed by atoms with Gasteiger partial charge in [0, 0.05) is 14.2 Å². The predicted octanol–water partition coefficient (Wildman–Crippen LogP) is 1.95. The van der Waals surface area contributed by atoms with Crippen LogP contribution in [0.25, 0.3) is 0 Å². The molecular weight excluding hydrogens is 158 g/mol. The molecule has 0 aromatic rings. The molecule has 7 heavy (non-hydrogen) atoms. The SMILES string of the molecule is CO.COP(Cl)Cl. The Morgan fingerprint density at radius 2 is 1.57 bits per heavy atom. The molecule has 0 heterocycles. The summed E-state index contributed by atoms with van der Waals surface area (Å²) >= 11 is 10.1. The lowest BCUT2D eigenvalue weighted by Crippen LogP contribution is -1.51. The molecule has 0 spiro atoms. The van der Waals surface area contributed by atoms with E-state index in [9.17, 15) is 0 Å². The quantitative estimate of drug-likeness (QED) is 0.601. The van der Waals surface area contributed by atoms with Crippen molar-refractivity contribution < 1.29 is 9.63 Å². The zero-order chi connectivity index (χ0) is 6.28. The molecule has 46 valence electrons. The zero-order valence-corrected chi connectivity index (χ0v) is 6.46. The summed E-state index contributed by atoms with van der Waals surface area (Å²) in [6.45, 7) is -1.15. The van der Waals surface area contributed by atoms with Crippen LogP contribution in [0, 0.1) is 0 Å². The van der Waals surface area contributed by atoms with Crippen LogP contribution in [0.5, 0.6) is 0 Å². The van der Waals surface area contributed by atoms with Gasteiger partial charge in [0.05, 0.1) is 0 Å². The highest BCUT2D eigenvalue weighted by molar-refractivity contribution is 8.00. The van der Waals surface area contributed by atoms with Crippen molar-refractivity contribution >= 4 is 29.3 Å². The van der Waals surface area contributed by atoms with Gasteiger partial charge in [-0.2, -0.15) is 0 Å². The van der Waals surface area contributed by atoms with Gasteiger partial charge in [0.1, 0.15) is 0 Å².